The second-order valence-electron chi connectivity index (χ2n) is 6.61. The van der Waals surface area contributed by atoms with E-state index in [0.29, 0.717) is 13.2 Å². The van der Waals surface area contributed by atoms with Crippen molar-refractivity contribution in [2.24, 2.45) is 0 Å². The standard InChI is InChI=1S/C22H21FN4O2/c23-17-5-1-2-6-18(17)26-22(28)20-15-16(9-10-24-20)25-19-7-3-4-8-21(19)27-11-13-29-14-12-27/h1-10,15H,11-14H2,(H,24,25)(H,26,28). The first-order valence-electron chi connectivity index (χ1n) is 9.41. The van der Waals surface area contributed by atoms with E-state index < -0.39 is 11.7 Å². The number of carbonyl (C=O) groups excluding carboxylic acids is 1. The summed E-state index contributed by atoms with van der Waals surface area (Å²) in [5.74, 6) is -0.963. The molecule has 0 atom stereocenters. The van der Waals surface area contributed by atoms with Gasteiger partial charge in [-0.25, -0.2) is 4.39 Å². The Morgan fingerprint density at radius 1 is 1.00 bits per heavy atom. The Kier molecular flexibility index (Phi) is 5.67. The molecule has 2 heterocycles. The Hall–Kier alpha value is -3.45. The summed E-state index contributed by atoms with van der Waals surface area (Å²) in [5.41, 5.74) is 3.04. The van der Waals surface area contributed by atoms with Crippen molar-refractivity contribution >= 4 is 28.7 Å². The fourth-order valence-corrected chi connectivity index (χ4v) is 3.20. The van der Waals surface area contributed by atoms with Gasteiger partial charge in [0.2, 0.25) is 0 Å². The summed E-state index contributed by atoms with van der Waals surface area (Å²) in [5, 5.41) is 5.92. The van der Waals surface area contributed by atoms with Crippen LogP contribution in [-0.4, -0.2) is 37.2 Å². The maximum Gasteiger partial charge on any atom is 0.274 e. The molecule has 4 rings (SSSR count). The number of nitrogens with zero attached hydrogens (tertiary/aromatic N) is 2. The first-order chi connectivity index (χ1) is 14.2. The van der Waals surface area contributed by atoms with Gasteiger partial charge in [-0.15, -0.1) is 0 Å². The second kappa shape index (κ2) is 8.70. The minimum atomic E-state index is -0.491. The summed E-state index contributed by atoms with van der Waals surface area (Å²) in [6.45, 7) is 3.05. The van der Waals surface area contributed by atoms with E-state index in [1.165, 1.54) is 12.1 Å². The van der Waals surface area contributed by atoms with Crippen molar-refractivity contribution in [2.45, 2.75) is 0 Å². The van der Waals surface area contributed by atoms with E-state index >= 15 is 0 Å². The molecule has 6 nitrogen and oxygen atoms in total. The minimum absolute atomic E-state index is 0.121. The number of pyridine rings is 1. The summed E-state index contributed by atoms with van der Waals surface area (Å²) >= 11 is 0. The zero-order valence-electron chi connectivity index (χ0n) is 15.8. The van der Waals surface area contributed by atoms with E-state index in [4.69, 9.17) is 4.74 Å². The molecule has 1 aliphatic rings. The molecule has 3 aromatic rings. The Labute approximate surface area is 168 Å². The highest BCUT2D eigenvalue weighted by molar-refractivity contribution is 6.03. The molecule has 1 aliphatic heterocycles. The van der Waals surface area contributed by atoms with Crippen LogP contribution in [0.25, 0.3) is 0 Å². The normalized spacial score (nSPS) is 13.8. The molecule has 0 unspecified atom stereocenters. The molecule has 29 heavy (non-hydrogen) atoms. The highest BCUT2D eigenvalue weighted by Gasteiger charge is 2.15. The van der Waals surface area contributed by atoms with Gasteiger partial charge in [0, 0.05) is 25.0 Å². The molecule has 7 heteroatoms. The van der Waals surface area contributed by atoms with Crippen molar-refractivity contribution in [3.63, 3.8) is 0 Å². The molecule has 1 fully saturated rings. The number of ether oxygens (including phenoxy) is 1. The van der Waals surface area contributed by atoms with Crippen LogP contribution in [0.3, 0.4) is 0 Å². The number of amides is 1. The van der Waals surface area contributed by atoms with Gasteiger partial charge in [0.1, 0.15) is 11.5 Å². The Bertz CT molecular complexity index is 1010. The van der Waals surface area contributed by atoms with Gasteiger partial charge in [-0.1, -0.05) is 24.3 Å². The van der Waals surface area contributed by atoms with Gasteiger partial charge in [-0.05, 0) is 36.4 Å². The summed E-state index contributed by atoms with van der Waals surface area (Å²) < 4.78 is 19.2. The fraction of sp³-hybridized carbons (Fsp3) is 0.182. The zero-order chi connectivity index (χ0) is 20.1. The number of para-hydroxylation sites is 3. The van der Waals surface area contributed by atoms with Crippen LogP contribution in [0.1, 0.15) is 10.5 Å². The number of carbonyl (C=O) groups is 1. The van der Waals surface area contributed by atoms with Crippen molar-refractivity contribution in [1.29, 1.82) is 0 Å². The molecule has 148 valence electrons. The average Bonchev–Trinajstić information content (AvgIpc) is 2.76. The van der Waals surface area contributed by atoms with E-state index in [0.717, 1.165) is 30.2 Å². The number of nitrogens with one attached hydrogen (secondary N) is 2. The first-order valence-corrected chi connectivity index (χ1v) is 9.41. The van der Waals surface area contributed by atoms with Crippen LogP contribution in [-0.2, 0) is 4.74 Å². The van der Waals surface area contributed by atoms with E-state index in [1.54, 1.807) is 30.5 Å². The van der Waals surface area contributed by atoms with Crippen molar-refractivity contribution in [3.05, 3.63) is 78.4 Å². The van der Waals surface area contributed by atoms with Crippen LogP contribution in [0.4, 0.5) is 27.1 Å². The monoisotopic (exact) mass is 392 g/mol. The number of halogens is 1. The maximum absolute atomic E-state index is 13.8. The quantitative estimate of drug-likeness (QED) is 0.686. The van der Waals surface area contributed by atoms with Gasteiger partial charge in [0.05, 0.1) is 30.3 Å². The van der Waals surface area contributed by atoms with Gasteiger partial charge in [-0.2, -0.15) is 0 Å². The molecule has 0 spiro atoms. The topological polar surface area (TPSA) is 66.5 Å². The number of morpholine rings is 1. The molecule has 0 aliphatic carbocycles. The minimum Gasteiger partial charge on any atom is -0.378 e. The average molecular weight is 392 g/mol. The molecular formula is C22H21FN4O2. The first kappa shape index (κ1) is 18.9. The molecule has 2 N–H and O–H groups in total. The lowest BCUT2D eigenvalue weighted by atomic mass is 10.2. The van der Waals surface area contributed by atoms with Crippen molar-refractivity contribution in [3.8, 4) is 0 Å². The molecule has 0 radical (unpaired) electrons. The van der Waals surface area contributed by atoms with Gasteiger partial charge in [-0.3, -0.25) is 9.78 Å². The zero-order valence-corrected chi connectivity index (χ0v) is 15.8. The molecular weight excluding hydrogens is 371 g/mol. The maximum atomic E-state index is 13.8. The Morgan fingerprint density at radius 2 is 1.72 bits per heavy atom. The van der Waals surface area contributed by atoms with Gasteiger partial charge < -0.3 is 20.3 Å². The van der Waals surface area contributed by atoms with Crippen LogP contribution in [0, 0.1) is 5.82 Å². The van der Waals surface area contributed by atoms with Crippen molar-refractivity contribution in [2.75, 3.05) is 41.8 Å². The SMILES string of the molecule is O=C(Nc1ccccc1F)c1cc(Nc2ccccc2N2CCOCC2)ccn1. The van der Waals surface area contributed by atoms with E-state index in [2.05, 4.69) is 26.6 Å². The molecule has 2 aromatic carbocycles. The number of aromatic nitrogens is 1. The Morgan fingerprint density at radius 3 is 2.52 bits per heavy atom. The third kappa shape index (κ3) is 4.52. The third-order valence-electron chi connectivity index (χ3n) is 4.65. The van der Waals surface area contributed by atoms with Crippen molar-refractivity contribution in [1.82, 2.24) is 4.98 Å². The molecule has 0 saturated carbocycles. The Balaban J connectivity index is 1.53. The van der Waals surface area contributed by atoms with Crippen LogP contribution >= 0.6 is 0 Å². The van der Waals surface area contributed by atoms with Crippen LogP contribution in [0.2, 0.25) is 0 Å². The summed E-state index contributed by atoms with van der Waals surface area (Å²) in [6.07, 6.45) is 1.55. The van der Waals surface area contributed by atoms with Crippen LogP contribution in [0.15, 0.2) is 66.9 Å². The number of hydrogen-bond donors (Lipinski definition) is 2. The molecule has 1 aromatic heterocycles. The predicted molar refractivity (Wildman–Crippen MR) is 111 cm³/mol. The third-order valence-corrected chi connectivity index (χ3v) is 4.65. The fourth-order valence-electron chi connectivity index (χ4n) is 3.20. The van der Waals surface area contributed by atoms with Gasteiger partial charge >= 0.3 is 0 Å². The summed E-state index contributed by atoms with van der Waals surface area (Å²) in [6, 6.07) is 17.5. The van der Waals surface area contributed by atoms with Gasteiger partial charge in [0.25, 0.3) is 5.91 Å². The lowest BCUT2D eigenvalue weighted by Gasteiger charge is -2.30. The van der Waals surface area contributed by atoms with E-state index in [1.807, 2.05) is 18.2 Å². The largest absolute Gasteiger partial charge is 0.378 e. The van der Waals surface area contributed by atoms with Crippen LogP contribution in [0.5, 0.6) is 0 Å². The highest BCUT2D eigenvalue weighted by Crippen LogP contribution is 2.29. The lowest BCUT2D eigenvalue weighted by Crippen LogP contribution is -2.36. The predicted octanol–water partition coefficient (Wildman–Crippen LogP) is 4.05. The van der Waals surface area contributed by atoms with Gasteiger partial charge in [0.15, 0.2) is 0 Å². The molecule has 1 saturated heterocycles. The van der Waals surface area contributed by atoms with Crippen molar-refractivity contribution < 1.29 is 13.9 Å². The molecule has 0 bridgehead atoms. The van der Waals surface area contributed by atoms with E-state index in [-0.39, 0.29) is 11.4 Å². The summed E-state index contributed by atoms with van der Waals surface area (Å²) in [4.78, 5) is 18.9. The van der Waals surface area contributed by atoms with E-state index in [9.17, 15) is 9.18 Å². The molecule has 1 amide bonds. The highest BCUT2D eigenvalue weighted by atomic mass is 19.1. The lowest BCUT2D eigenvalue weighted by molar-refractivity contribution is 0.102. The summed E-state index contributed by atoms with van der Waals surface area (Å²) in [7, 11) is 0. The number of hydrogen-bond acceptors (Lipinski definition) is 5. The second-order valence-corrected chi connectivity index (χ2v) is 6.61. The van der Waals surface area contributed by atoms with Crippen LogP contribution < -0.4 is 15.5 Å². The smallest absolute Gasteiger partial charge is 0.274 e. The number of benzene rings is 2. The number of rotatable bonds is 5. The number of anilines is 4.